The molecule has 1 aromatic rings. The highest BCUT2D eigenvalue weighted by molar-refractivity contribution is 5.77. The summed E-state index contributed by atoms with van der Waals surface area (Å²) in [6.45, 7) is 2.55. The van der Waals surface area contributed by atoms with Gasteiger partial charge in [-0.15, -0.1) is 0 Å². The first kappa shape index (κ1) is 14.4. The van der Waals surface area contributed by atoms with Gasteiger partial charge in [0, 0.05) is 31.0 Å². The summed E-state index contributed by atoms with van der Waals surface area (Å²) in [5.74, 6) is 0.122. The molecule has 1 amide bonds. The molecular weight excluding hydrogens is 254 g/mol. The number of rotatable bonds is 4. The smallest absolute Gasteiger partial charge is 0.224 e. The Bertz CT molecular complexity index is 498. The number of likely N-dealkylation sites (N-methyl/N-ethyl adjacent to an activating group) is 1. The van der Waals surface area contributed by atoms with Gasteiger partial charge in [0.15, 0.2) is 0 Å². The molecule has 20 heavy (non-hydrogen) atoms. The molecule has 1 atom stereocenters. The molecule has 0 N–H and O–H groups in total. The van der Waals surface area contributed by atoms with Crippen LogP contribution in [0.4, 0.5) is 0 Å². The summed E-state index contributed by atoms with van der Waals surface area (Å²) in [5, 5.41) is 3.68. The van der Waals surface area contributed by atoms with Crippen LogP contribution in [0, 0.1) is 0 Å². The van der Waals surface area contributed by atoms with Crippen molar-refractivity contribution >= 4 is 5.91 Å². The first-order chi connectivity index (χ1) is 9.72. The summed E-state index contributed by atoms with van der Waals surface area (Å²) >= 11 is 0. The molecule has 0 saturated carbocycles. The van der Waals surface area contributed by atoms with Crippen LogP contribution < -0.4 is 0 Å². The summed E-state index contributed by atoms with van der Waals surface area (Å²) < 4.78 is 0. The Balaban J connectivity index is 2.25. The summed E-state index contributed by atoms with van der Waals surface area (Å²) in [6, 6.07) is 9.58. The zero-order chi connectivity index (χ0) is 14.4. The van der Waals surface area contributed by atoms with Crippen LogP contribution in [-0.2, 0) is 4.79 Å². The van der Waals surface area contributed by atoms with Crippen molar-refractivity contribution in [3.63, 3.8) is 0 Å². The monoisotopic (exact) mass is 273 g/mol. The van der Waals surface area contributed by atoms with Crippen molar-refractivity contribution in [1.82, 2.24) is 9.80 Å². The third-order valence-electron chi connectivity index (χ3n) is 3.63. The van der Waals surface area contributed by atoms with E-state index >= 15 is 0 Å². The van der Waals surface area contributed by atoms with Crippen molar-refractivity contribution in [1.29, 1.82) is 0 Å². The fraction of sp³-hybridized carbons (Fsp3) is 0.500. The van der Waals surface area contributed by atoms with Gasteiger partial charge < -0.3 is 9.80 Å². The van der Waals surface area contributed by atoms with Gasteiger partial charge in [0.05, 0.1) is 12.6 Å². The summed E-state index contributed by atoms with van der Waals surface area (Å²) in [4.78, 5) is 19.1. The maximum atomic E-state index is 12.3. The van der Waals surface area contributed by atoms with Crippen molar-refractivity contribution in [3.8, 4) is 0 Å². The fourth-order valence-electron chi connectivity index (χ4n) is 2.45. The maximum absolute atomic E-state index is 12.3. The second-order valence-corrected chi connectivity index (χ2v) is 4.98. The van der Waals surface area contributed by atoms with E-state index in [4.69, 9.17) is 5.53 Å². The van der Waals surface area contributed by atoms with Crippen LogP contribution in [0.25, 0.3) is 10.4 Å². The number of amides is 1. The number of benzene rings is 1. The number of nitrogens with zero attached hydrogens (tertiary/aromatic N) is 5. The summed E-state index contributed by atoms with van der Waals surface area (Å²) in [5.41, 5.74) is 9.58. The van der Waals surface area contributed by atoms with Gasteiger partial charge in [-0.2, -0.15) is 0 Å². The van der Waals surface area contributed by atoms with Crippen molar-refractivity contribution in [2.24, 2.45) is 5.11 Å². The van der Waals surface area contributed by atoms with Gasteiger partial charge in [-0.25, -0.2) is 0 Å². The third kappa shape index (κ3) is 3.50. The van der Waals surface area contributed by atoms with E-state index in [0.717, 1.165) is 18.7 Å². The minimum Gasteiger partial charge on any atom is -0.334 e. The molecule has 1 heterocycles. The van der Waals surface area contributed by atoms with E-state index in [1.54, 1.807) is 0 Å². The first-order valence-electron chi connectivity index (χ1n) is 6.76. The van der Waals surface area contributed by atoms with Crippen LogP contribution in [-0.4, -0.2) is 48.9 Å². The predicted molar refractivity (Wildman–Crippen MR) is 77.0 cm³/mol. The molecule has 1 fully saturated rings. The third-order valence-corrected chi connectivity index (χ3v) is 3.63. The molecule has 0 bridgehead atoms. The van der Waals surface area contributed by atoms with Gasteiger partial charge in [-0.1, -0.05) is 35.4 Å². The highest BCUT2D eigenvalue weighted by Gasteiger charge is 2.26. The second-order valence-electron chi connectivity index (χ2n) is 4.98. The van der Waals surface area contributed by atoms with Gasteiger partial charge in [0.25, 0.3) is 0 Å². The van der Waals surface area contributed by atoms with Crippen LogP contribution in [0.3, 0.4) is 0 Å². The predicted octanol–water partition coefficient (Wildman–Crippen LogP) is 2.20. The lowest BCUT2D eigenvalue weighted by molar-refractivity contribution is -0.132. The number of carbonyl (C=O) groups excluding carboxylic acids is 1. The van der Waals surface area contributed by atoms with Gasteiger partial charge in [0.2, 0.25) is 5.91 Å². The Morgan fingerprint density at radius 2 is 2.05 bits per heavy atom. The first-order valence-corrected chi connectivity index (χ1v) is 6.76. The van der Waals surface area contributed by atoms with Crippen LogP contribution in [0.5, 0.6) is 0 Å². The van der Waals surface area contributed by atoms with E-state index in [1.165, 1.54) is 0 Å². The lowest BCUT2D eigenvalue weighted by atomic mass is 10.0. The average Bonchev–Trinajstić information content (AvgIpc) is 2.64. The van der Waals surface area contributed by atoms with Gasteiger partial charge in [-0.3, -0.25) is 4.79 Å². The lowest BCUT2D eigenvalue weighted by Gasteiger charge is -2.30. The highest BCUT2D eigenvalue weighted by Crippen LogP contribution is 2.23. The molecule has 1 saturated heterocycles. The lowest BCUT2D eigenvalue weighted by Crippen LogP contribution is -2.37. The normalized spacial score (nSPS) is 18.2. The number of hydrogen-bond acceptors (Lipinski definition) is 3. The van der Waals surface area contributed by atoms with Crippen molar-refractivity contribution in [3.05, 3.63) is 46.3 Å². The minimum absolute atomic E-state index is 0.122. The quantitative estimate of drug-likeness (QED) is 0.479. The molecule has 6 nitrogen and oxygen atoms in total. The van der Waals surface area contributed by atoms with Gasteiger partial charge in [-0.05, 0) is 18.1 Å². The Morgan fingerprint density at radius 1 is 1.30 bits per heavy atom. The maximum Gasteiger partial charge on any atom is 0.224 e. The van der Waals surface area contributed by atoms with E-state index in [1.807, 2.05) is 42.3 Å². The Hall–Kier alpha value is -2.04. The van der Waals surface area contributed by atoms with E-state index < -0.39 is 0 Å². The molecule has 0 unspecified atom stereocenters. The van der Waals surface area contributed by atoms with Crippen molar-refractivity contribution in [2.75, 3.05) is 33.2 Å². The Kier molecular flexibility index (Phi) is 4.98. The molecule has 1 aliphatic heterocycles. The standard InChI is InChI=1S/C14H19N5O/c1-18-8-7-14(20)19(10-9-18)13(11-16-17-15)12-5-3-2-4-6-12/h2-6,13H,7-11H2,1H3/t13-/m1/s1. The van der Waals surface area contributed by atoms with Crippen LogP contribution in [0.2, 0.25) is 0 Å². The van der Waals surface area contributed by atoms with Gasteiger partial charge in [0.1, 0.15) is 0 Å². The van der Waals surface area contributed by atoms with Crippen LogP contribution >= 0.6 is 0 Å². The van der Waals surface area contributed by atoms with Crippen molar-refractivity contribution in [2.45, 2.75) is 12.5 Å². The Morgan fingerprint density at radius 3 is 2.75 bits per heavy atom. The molecule has 2 rings (SSSR count). The SMILES string of the molecule is CN1CCC(=O)N([C@H](CN=[N+]=[N-])c2ccccc2)CC1. The molecule has 0 aliphatic carbocycles. The summed E-state index contributed by atoms with van der Waals surface area (Å²) in [6.07, 6.45) is 0.510. The average molecular weight is 273 g/mol. The van der Waals surface area contributed by atoms with Crippen LogP contribution in [0.1, 0.15) is 18.0 Å². The van der Waals surface area contributed by atoms with E-state index in [-0.39, 0.29) is 18.5 Å². The molecule has 6 heteroatoms. The van der Waals surface area contributed by atoms with E-state index in [9.17, 15) is 4.79 Å². The largest absolute Gasteiger partial charge is 0.334 e. The molecule has 0 spiro atoms. The topological polar surface area (TPSA) is 72.3 Å². The van der Waals surface area contributed by atoms with Gasteiger partial charge >= 0.3 is 0 Å². The molecule has 0 aromatic heterocycles. The number of hydrogen-bond donors (Lipinski definition) is 0. The fourth-order valence-corrected chi connectivity index (χ4v) is 2.45. The Labute approximate surface area is 118 Å². The summed E-state index contributed by atoms with van der Waals surface area (Å²) in [7, 11) is 2.02. The highest BCUT2D eigenvalue weighted by atomic mass is 16.2. The molecule has 0 radical (unpaired) electrons. The van der Waals surface area contributed by atoms with E-state index in [0.29, 0.717) is 13.0 Å². The zero-order valence-electron chi connectivity index (χ0n) is 11.6. The molecular formula is C14H19N5O. The molecule has 106 valence electrons. The zero-order valence-corrected chi connectivity index (χ0v) is 11.6. The molecule has 1 aromatic carbocycles. The van der Waals surface area contributed by atoms with Crippen LogP contribution in [0.15, 0.2) is 35.4 Å². The minimum atomic E-state index is -0.175. The number of azide groups is 1. The van der Waals surface area contributed by atoms with Crippen molar-refractivity contribution < 1.29 is 4.79 Å². The number of carbonyl (C=O) groups is 1. The second kappa shape index (κ2) is 6.93. The molecule has 1 aliphatic rings. The van der Waals surface area contributed by atoms with E-state index in [2.05, 4.69) is 14.9 Å².